The Labute approximate surface area is 140 Å². The number of hydrogen-bond acceptors (Lipinski definition) is 3. The van der Waals surface area contributed by atoms with Crippen molar-refractivity contribution in [2.24, 2.45) is 0 Å². The van der Waals surface area contributed by atoms with E-state index in [1.54, 1.807) is 29.5 Å². The molecule has 0 saturated heterocycles. The zero-order valence-electron chi connectivity index (χ0n) is 11.1. The summed E-state index contributed by atoms with van der Waals surface area (Å²) < 4.78 is 1.18. The van der Waals surface area contributed by atoms with Crippen molar-refractivity contribution in [2.45, 2.75) is 13.3 Å². The van der Waals surface area contributed by atoms with Crippen molar-refractivity contribution >= 4 is 66.9 Å². The van der Waals surface area contributed by atoms with Crippen molar-refractivity contribution in [1.29, 1.82) is 0 Å². The van der Waals surface area contributed by atoms with Crippen LogP contribution in [0.15, 0.2) is 30.3 Å². The quantitative estimate of drug-likeness (QED) is 0.605. The van der Waals surface area contributed by atoms with Gasteiger partial charge in [0.05, 0.1) is 19.6 Å². The lowest BCUT2D eigenvalue weighted by molar-refractivity contribution is 0.103. The van der Waals surface area contributed by atoms with Gasteiger partial charge in [0.15, 0.2) is 0 Å². The predicted octanol–water partition coefficient (Wildman–Crippen LogP) is 6.08. The molecule has 3 rings (SSSR count). The van der Waals surface area contributed by atoms with E-state index in [0.717, 1.165) is 11.8 Å². The lowest BCUT2D eigenvalue weighted by atomic mass is 10.3. The summed E-state index contributed by atoms with van der Waals surface area (Å²) in [5, 5.41) is 4.94. The highest BCUT2D eigenvalue weighted by atomic mass is 35.5. The maximum atomic E-state index is 12.3. The lowest BCUT2D eigenvalue weighted by Crippen LogP contribution is -2.10. The van der Waals surface area contributed by atoms with Crippen LogP contribution in [0.25, 0.3) is 9.40 Å². The third-order valence-electron chi connectivity index (χ3n) is 3.01. The van der Waals surface area contributed by atoms with Crippen LogP contribution < -0.4 is 5.32 Å². The van der Waals surface area contributed by atoms with Crippen molar-refractivity contribution < 1.29 is 4.79 Å². The molecule has 3 aromatic rings. The molecule has 0 bridgehead atoms. The van der Waals surface area contributed by atoms with Gasteiger partial charge in [-0.1, -0.05) is 30.1 Å². The molecule has 1 N–H and O–H groups in total. The topological polar surface area (TPSA) is 29.1 Å². The number of anilines is 1. The Morgan fingerprint density at radius 1 is 1.19 bits per heavy atom. The second kappa shape index (κ2) is 5.97. The summed E-state index contributed by atoms with van der Waals surface area (Å²) in [6, 6.07) is 9.06. The SMILES string of the molecule is CCc1cc2cc(C(=O)Nc3cc(Cl)ccc3Cl)sc2s1. The second-order valence-corrected chi connectivity index (χ2v) is 7.79. The van der Waals surface area contributed by atoms with Gasteiger partial charge in [0.25, 0.3) is 5.91 Å². The largest absolute Gasteiger partial charge is 0.320 e. The van der Waals surface area contributed by atoms with Gasteiger partial charge in [-0.05, 0) is 36.8 Å². The predicted molar refractivity (Wildman–Crippen MR) is 93.5 cm³/mol. The highest BCUT2D eigenvalue weighted by Crippen LogP contribution is 2.34. The minimum absolute atomic E-state index is 0.161. The van der Waals surface area contributed by atoms with Gasteiger partial charge in [0, 0.05) is 15.3 Å². The van der Waals surface area contributed by atoms with Crippen LogP contribution in [0, 0.1) is 0 Å². The maximum absolute atomic E-state index is 12.3. The summed E-state index contributed by atoms with van der Waals surface area (Å²) in [6.07, 6.45) is 1.02. The molecule has 0 radical (unpaired) electrons. The van der Waals surface area contributed by atoms with Crippen LogP contribution in [0.1, 0.15) is 21.5 Å². The van der Waals surface area contributed by atoms with Crippen LogP contribution in [0.2, 0.25) is 10.0 Å². The van der Waals surface area contributed by atoms with Gasteiger partial charge >= 0.3 is 0 Å². The Morgan fingerprint density at radius 2 is 2.00 bits per heavy atom. The molecule has 0 aliphatic heterocycles. The molecule has 2 nitrogen and oxygen atoms in total. The number of aryl methyl sites for hydroxylation is 1. The van der Waals surface area contributed by atoms with E-state index in [0.29, 0.717) is 20.6 Å². The first kappa shape index (κ1) is 14.9. The number of benzene rings is 1. The normalized spacial score (nSPS) is 11.0. The summed E-state index contributed by atoms with van der Waals surface area (Å²) >= 11 is 15.2. The summed E-state index contributed by atoms with van der Waals surface area (Å²) in [5.41, 5.74) is 0.528. The number of halogens is 2. The van der Waals surface area contributed by atoms with E-state index in [2.05, 4.69) is 18.3 Å². The van der Waals surface area contributed by atoms with Crippen molar-refractivity contribution in [3.63, 3.8) is 0 Å². The summed E-state index contributed by atoms with van der Waals surface area (Å²) in [4.78, 5) is 14.3. The smallest absolute Gasteiger partial charge is 0.265 e. The van der Waals surface area contributed by atoms with Gasteiger partial charge in [-0.25, -0.2) is 0 Å². The van der Waals surface area contributed by atoms with Gasteiger partial charge in [-0.3, -0.25) is 4.79 Å². The summed E-state index contributed by atoms with van der Waals surface area (Å²) in [7, 11) is 0. The minimum atomic E-state index is -0.161. The third kappa shape index (κ3) is 3.09. The van der Waals surface area contributed by atoms with E-state index < -0.39 is 0 Å². The zero-order chi connectivity index (χ0) is 15.0. The number of amides is 1. The van der Waals surface area contributed by atoms with Gasteiger partial charge < -0.3 is 5.32 Å². The first-order valence-electron chi connectivity index (χ1n) is 6.35. The maximum Gasteiger partial charge on any atom is 0.265 e. The molecule has 0 aliphatic carbocycles. The van der Waals surface area contributed by atoms with Crippen LogP contribution in [0.4, 0.5) is 5.69 Å². The number of carbonyl (C=O) groups is 1. The Kier molecular flexibility index (Phi) is 4.22. The standard InChI is InChI=1S/C15H11Cl2NOS2/c1-2-10-5-8-6-13(21-15(8)20-10)14(19)18-12-7-9(16)3-4-11(12)17/h3-7H,2H2,1H3,(H,18,19). The van der Waals surface area contributed by atoms with E-state index >= 15 is 0 Å². The molecule has 1 amide bonds. The number of rotatable bonds is 3. The minimum Gasteiger partial charge on any atom is -0.320 e. The average Bonchev–Trinajstić information content (AvgIpc) is 3.00. The number of hydrogen-bond donors (Lipinski definition) is 1. The Bertz CT molecular complexity index is 791. The fraction of sp³-hybridized carbons (Fsp3) is 0.133. The molecule has 0 saturated carbocycles. The van der Waals surface area contributed by atoms with Crippen molar-refractivity contribution in [3.8, 4) is 0 Å². The molecule has 2 heterocycles. The van der Waals surface area contributed by atoms with Crippen LogP contribution in [-0.2, 0) is 6.42 Å². The first-order chi connectivity index (χ1) is 10.1. The molecule has 108 valence electrons. The zero-order valence-corrected chi connectivity index (χ0v) is 14.2. The highest BCUT2D eigenvalue weighted by Gasteiger charge is 2.14. The van der Waals surface area contributed by atoms with E-state index in [9.17, 15) is 4.79 Å². The third-order valence-corrected chi connectivity index (χ3v) is 6.11. The molecule has 0 atom stereocenters. The van der Waals surface area contributed by atoms with Crippen molar-refractivity contribution in [1.82, 2.24) is 0 Å². The van der Waals surface area contributed by atoms with Gasteiger partial charge in [0.1, 0.15) is 0 Å². The molecule has 0 spiro atoms. The molecular weight excluding hydrogens is 345 g/mol. The fourth-order valence-electron chi connectivity index (χ4n) is 1.95. The molecular formula is C15H11Cl2NOS2. The molecule has 0 fully saturated rings. The molecule has 6 heteroatoms. The van der Waals surface area contributed by atoms with Crippen molar-refractivity contribution in [2.75, 3.05) is 5.32 Å². The number of carbonyl (C=O) groups excluding carboxylic acids is 1. The Hall–Kier alpha value is -1.07. The number of nitrogens with one attached hydrogen (secondary N) is 1. The van der Waals surface area contributed by atoms with Crippen LogP contribution in [0.3, 0.4) is 0 Å². The monoisotopic (exact) mass is 355 g/mol. The van der Waals surface area contributed by atoms with Crippen molar-refractivity contribution in [3.05, 3.63) is 50.1 Å². The van der Waals surface area contributed by atoms with E-state index in [-0.39, 0.29) is 5.91 Å². The van der Waals surface area contributed by atoms with E-state index in [1.807, 2.05) is 6.07 Å². The van der Waals surface area contributed by atoms with Gasteiger partial charge in [0.2, 0.25) is 0 Å². The highest BCUT2D eigenvalue weighted by molar-refractivity contribution is 7.39. The Balaban J connectivity index is 1.86. The molecule has 21 heavy (non-hydrogen) atoms. The lowest BCUT2D eigenvalue weighted by Gasteiger charge is -2.06. The number of fused-ring (bicyclic) bond motifs is 1. The number of thiophene rings is 2. The second-order valence-electron chi connectivity index (χ2n) is 4.50. The first-order valence-corrected chi connectivity index (χ1v) is 8.74. The van der Waals surface area contributed by atoms with E-state index in [4.69, 9.17) is 23.2 Å². The van der Waals surface area contributed by atoms with Gasteiger partial charge in [-0.2, -0.15) is 0 Å². The molecule has 0 aliphatic rings. The molecule has 1 aromatic carbocycles. The summed E-state index contributed by atoms with van der Waals surface area (Å²) in [6.45, 7) is 2.13. The van der Waals surface area contributed by atoms with Crippen LogP contribution in [-0.4, -0.2) is 5.91 Å². The van der Waals surface area contributed by atoms with E-state index in [1.165, 1.54) is 20.2 Å². The van der Waals surface area contributed by atoms with Gasteiger partial charge in [-0.15, -0.1) is 22.7 Å². The van der Waals surface area contributed by atoms with Crippen LogP contribution in [0.5, 0.6) is 0 Å². The fourth-order valence-corrected chi connectivity index (χ4v) is 4.62. The summed E-state index contributed by atoms with van der Waals surface area (Å²) in [5.74, 6) is -0.161. The van der Waals surface area contributed by atoms with Crippen LogP contribution >= 0.6 is 45.9 Å². The molecule has 2 aromatic heterocycles. The average molecular weight is 356 g/mol. The molecule has 0 unspecified atom stereocenters. The Morgan fingerprint density at radius 3 is 2.71 bits per heavy atom.